The van der Waals surface area contributed by atoms with Gasteiger partial charge in [0.05, 0.1) is 13.2 Å². The molecule has 1 saturated heterocycles. The molecule has 0 atom stereocenters. The Hall–Kier alpha value is -0.570. The summed E-state index contributed by atoms with van der Waals surface area (Å²) in [6, 6.07) is 0. The van der Waals surface area contributed by atoms with Gasteiger partial charge in [0, 0.05) is 31.1 Å². The molecule has 238 valence electrons. The molecular weight excluding hydrogens is 547 g/mol. The van der Waals surface area contributed by atoms with Gasteiger partial charge < -0.3 is 10.1 Å². The zero-order valence-electron chi connectivity index (χ0n) is 26.8. The Morgan fingerprint density at radius 2 is 1.02 bits per heavy atom. The fourth-order valence-corrected chi connectivity index (χ4v) is 6.93. The van der Waals surface area contributed by atoms with E-state index in [0.717, 1.165) is 73.6 Å². The summed E-state index contributed by atoms with van der Waals surface area (Å²) in [7, 11) is 0. The number of morpholine rings is 1. The van der Waals surface area contributed by atoms with Crippen LogP contribution in [0.3, 0.4) is 0 Å². The molecule has 1 aromatic heterocycles. The molecule has 8 heteroatoms. The Morgan fingerprint density at radius 3 is 1.49 bits per heavy atom. The van der Waals surface area contributed by atoms with E-state index in [4.69, 9.17) is 19.7 Å². The quantitative estimate of drug-likeness (QED) is 0.0744. The standard InChI is InChI=1S/C33H63N5OS2/c1-3-5-7-9-11-13-15-17-19-21-30-41-33-36-31(34-23-22-24-38-25-27-39-28-26-38)35-32(37-33)40-29-20-18-16-14-12-10-8-6-4-2/h3-30H2,1-2H3,(H,34,35,36,37). The van der Waals surface area contributed by atoms with Gasteiger partial charge in [-0.2, -0.15) is 15.0 Å². The molecule has 0 aromatic carbocycles. The van der Waals surface area contributed by atoms with E-state index in [1.165, 1.54) is 122 Å². The average molecular weight is 610 g/mol. The molecular formula is C33H63N5OS2. The monoisotopic (exact) mass is 609 g/mol. The summed E-state index contributed by atoms with van der Waals surface area (Å²) >= 11 is 3.62. The molecule has 1 fully saturated rings. The lowest BCUT2D eigenvalue weighted by molar-refractivity contribution is 0.0378. The number of aromatic nitrogens is 3. The maximum Gasteiger partial charge on any atom is 0.227 e. The van der Waals surface area contributed by atoms with Crippen LogP contribution in [-0.2, 0) is 4.74 Å². The first-order valence-electron chi connectivity index (χ1n) is 17.4. The Kier molecular flexibility index (Phi) is 24.1. The molecule has 0 saturated carbocycles. The number of unbranched alkanes of at least 4 members (excludes halogenated alkanes) is 17. The molecule has 1 aliphatic rings. The Morgan fingerprint density at radius 1 is 0.585 bits per heavy atom. The predicted octanol–water partition coefficient (Wildman–Crippen LogP) is 9.64. The molecule has 0 radical (unpaired) electrons. The molecule has 2 rings (SSSR count). The van der Waals surface area contributed by atoms with Crippen LogP contribution in [0.15, 0.2) is 10.3 Å². The molecule has 2 heterocycles. The van der Waals surface area contributed by atoms with Gasteiger partial charge in [-0.05, 0) is 25.8 Å². The van der Waals surface area contributed by atoms with Crippen molar-refractivity contribution in [2.24, 2.45) is 0 Å². The minimum absolute atomic E-state index is 0.752. The first-order chi connectivity index (χ1) is 20.3. The van der Waals surface area contributed by atoms with Crippen molar-refractivity contribution in [3.05, 3.63) is 0 Å². The molecule has 1 N–H and O–H groups in total. The highest BCUT2D eigenvalue weighted by atomic mass is 32.2. The van der Waals surface area contributed by atoms with E-state index in [1.54, 1.807) is 0 Å². The lowest BCUT2D eigenvalue weighted by Gasteiger charge is -2.26. The van der Waals surface area contributed by atoms with Crippen LogP contribution < -0.4 is 5.32 Å². The normalized spacial score (nSPS) is 14.1. The molecule has 41 heavy (non-hydrogen) atoms. The molecule has 0 aliphatic carbocycles. The van der Waals surface area contributed by atoms with Gasteiger partial charge in [-0.15, -0.1) is 0 Å². The van der Waals surface area contributed by atoms with Crippen molar-refractivity contribution in [1.82, 2.24) is 19.9 Å². The van der Waals surface area contributed by atoms with Crippen molar-refractivity contribution in [1.29, 1.82) is 0 Å². The van der Waals surface area contributed by atoms with E-state index in [0.29, 0.717) is 0 Å². The van der Waals surface area contributed by atoms with E-state index in [9.17, 15) is 0 Å². The molecule has 0 amide bonds. The molecule has 0 spiro atoms. The molecule has 1 aromatic rings. The number of rotatable bonds is 28. The number of ether oxygens (including phenoxy) is 1. The van der Waals surface area contributed by atoms with Gasteiger partial charge in [-0.3, -0.25) is 4.90 Å². The fraction of sp³-hybridized carbons (Fsp3) is 0.909. The Labute approximate surface area is 262 Å². The van der Waals surface area contributed by atoms with Crippen LogP contribution in [-0.4, -0.2) is 70.8 Å². The van der Waals surface area contributed by atoms with Crippen molar-refractivity contribution in [3.8, 4) is 0 Å². The summed E-state index contributed by atoms with van der Waals surface area (Å²) in [6.07, 6.45) is 27.1. The highest BCUT2D eigenvalue weighted by Crippen LogP contribution is 2.23. The van der Waals surface area contributed by atoms with Gasteiger partial charge in [0.2, 0.25) is 5.95 Å². The van der Waals surface area contributed by atoms with Gasteiger partial charge in [0.15, 0.2) is 10.3 Å². The second kappa shape index (κ2) is 27.0. The van der Waals surface area contributed by atoms with E-state index in [-0.39, 0.29) is 0 Å². The van der Waals surface area contributed by atoms with Gasteiger partial charge in [0.1, 0.15) is 0 Å². The summed E-state index contributed by atoms with van der Waals surface area (Å²) in [5.41, 5.74) is 0. The maximum atomic E-state index is 5.47. The molecule has 1 aliphatic heterocycles. The smallest absolute Gasteiger partial charge is 0.227 e. The van der Waals surface area contributed by atoms with E-state index >= 15 is 0 Å². The topological polar surface area (TPSA) is 63.2 Å². The number of hydrogen-bond acceptors (Lipinski definition) is 8. The third-order valence-electron chi connectivity index (χ3n) is 7.84. The van der Waals surface area contributed by atoms with Crippen molar-refractivity contribution in [2.75, 3.05) is 56.2 Å². The fourth-order valence-electron chi connectivity index (χ4n) is 5.20. The minimum Gasteiger partial charge on any atom is -0.379 e. The number of hydrogen-bond donors (Lipinski definition) is 1. The van der Waals surface area contributed by atoms with Gasteiger partial charge in [-0.1, -0.05) is 147 Å². The predicted molar refractivity (Wildman–Crippen MR) is 181 cm³/mol. The zero-order valence-corrected chi connectivity index (χ0v) is 28.4. The summed E-state index contributed by atoms with van der Waals surface area (Å²) in [5, 5.41) is 5.28. The van der Waals surface area contributed by atoms with Crippen molar-refractivity contribution in [2.45, 2.75) is 153 Å². The lowest BCUT2D eigenvalue weighted by Crippen LogP contribution is -2.37. The van der Waals surface area contributed by atoms with Crippen LogP contribution >= 0.6 is 23.5 Å². The van der Waals surface area contributed by atoms with Crippen molar-refractivity contribution < 1.29 is 4.74 Å². The van der Waals surface area contributed by atoms with Crippen LogP contribution in [0.1, 0.15) is 142 Å². The SMILES string of the molecule is CCCCCCCCCCCCSc1nc(NCCCN2CCOCC2)nc(SCCCCCCCCCCC)n1. The third kappa shape index (κ3) is 20.9. The van der Waals surface area contributed by atoms with Gasteiger partial charge in [0.25, 0.3) is 0 Å². The molecule has 0 unspecified atom stereocenters. The number of nitrogens with one attached hydrogen (secondary N) is 1. The van der Waals surface area contributed by atoms with Crippen LogP contribution in [0.4, 0.5) is 5.95 Å². The number of nitrogens with zero attached hydrogens (tertiary/aromatic N) is 4. The number of anilines is 1. The molecule has 6 nitrogen and oxygen atoms in total. The Bertz CT molecular complexity index is 721. The second-order valence-corrected chi connectivity index (χ2v) is 13.8. The van der Waals surface area contributed by atoms with Crippen molar-refractivity contribution in [3.63, 3.8) is 0 Å². The van der Waals surface area contributed by atoms with Crippen LogP contribution in [0, 0.1) is 0 Å². The van der Waals surface area contributed by atoms with Crippen LogP contribution in [0.2, 0.25) is 0 Å². The first-order valence-corrected chi connectivity index (χ1v) is 19.3. The number of thioether (sulfide) groups is 2. The lowest BCUT2D eigenvalue weighted by atomic mass is 10.1. The van der Waals surface area contributed by atoms with Gasteiger partial charge in [-0.25, -0.2) is 0 Å². The highest BCUT2D eigenvalue weighted by Gasteiger charge is 2.11. The van der Waals surface area contributed by atoms with Crippen LogP contribution in [0.25, 0.3) is 0 Å². The first kappa shape index (κ1) is 36.6. The molecule has 0 bridgehead atoms. The Balaban J connectivity index is 1.68. The largest absolute Gasteiger partial charge is 0.379 e. The van der Waals surface area contributed by atoms with Crippen molar-refractivity contribution >= 4 is 29.5 Å². The van der Waals surface area contributed by atoms with E-state index in [2.05, 4.69) is 24.1 Å². The summed E-state index contributed by atoms with van der Waals surface area (Å²) < 4.78 is 5.47. The third-order valence-corrected chi connectivity index (χ3v) is 9.71. The van der Waals surface area contributed by atoms with Gasteiger partial charge >= 0.3 is 0 Å². The van der Waals surface area contributed by atoms with Crippen LogP contribution in [0.5, 0.6) is 0 Å². The summed E-state index contributed by atoms with van der Waals surface area (Å²) in [4.78, 5) is 16.9. The summed E-state index contributed by atoms with van der Waals surface area (Å²) in [6.45, 7) is 10.4. The summed E-state index contributed by atoms with van der Waals surface area (Å²) in [5.74, 6) is 2.94. The minimum atomic E-state index is 0.752. The maximum absolute atomic E-state index is 5.47. The average Bonchev–Trinajstić information content (AvgIpc) is 2.99. The highest BCUT2D eigenvalue weighted by molar-refractivity contribution is 7.99. The van der Waals surface area contributed by atoms with E-state index < -0.39 is 0 Å². The van der Waals surface area contributed by atoms with E-state index in [1.807, 2.05) is 23.5 Å². The zero-order chi connectivity index (χ0) is 29.1. The second-order valence-electron chi connectivity index (χ2n) is 11.7.